The number of aliphatic carboxylic acids is 1. The molecule has 0 bridgehead atoms. The molecule has 2 fully saturated rings. The van der Waals surface area contributed by atoms with Gasteiger partial charge in [0.25, 0.3) is 0 Å². The molecule has 5 aromatic rings. The first-order chi connectivity index (χ1) is 38.1. The third-order valence-corrected chi connectivity index (χ3v) is 16.2. The zero-order chi connectivity index (χ0) is 58.5. The van der Waals surface area contributed by atoms with Gasteiger partial charge in [0.15, 0.2) is 6.04 Å². The lowest BCUT2D eigenvalue weighted by Gasteiger charge is -2.31. The van der Waals surface area contributed by atoms with Gasteiger partial charge in [0, 0.05) is 90.2 Å². The van der Waals surface area contributed by atoms with Crippen molar-refractivity contribution in [3.63, 3.8) is 0 Å². The predicted octanol–water partition coefficient (Wildman–Crippen LogP) is 14.1. The number of thiazole rings is 3. The molecule has 7 rings (SSSR count). The first-order valence-corrected chi connectivity index (χ1v) is 36.3. The Balaban J connectivity index is 0.000000482. The van der Waals surface area contributed by atoms with E-state index in [1.54, 1.807) is 46.2 Å². The number of hydrogen-bond acceptors (Lipinski definition) is 13. The molecule has 17 nitrogen and oxygen atoms in total. The predicted molar refractivity (Wildman–Crippen MR) is 358 cm³/mol. The number of urea groups is 2. The average molecular weight is 1530 g/mol. The first kappa shape index (κ1) is 72.5. The standard InChI is InChI=1S/C39H50N6O4S2.C19H31N3O4S.CH4.I2.HI/c1-26(2)35(44-38(47)45(33-17-18-33)22-32-24-50-37(42-32)27(3)4)36(46)41-30(19-28-11-7-5-8-12-28)15-16-31(20-29-13-9-6-10-14-29)43-39(48)49-23-34-21-40-25-51-34;1-11(2)16-20-13(10-27-16)9-22(14-7-8-14)18(25)21-15(17(23)24)12(3)26-19(4,5)6;;1-2;/h5-14,21,24-27,30-31,33,35H,15-20,22-23H2,1-4H3,(H,41,46)(H,43,48)(H,44,47);10-12,14-15H,7-9H2,1-6H3,(H,21,25)(H,23,24);1H4;;1H/t30-,31-,35+;12?,15-;;;/m10.../s1. The van der Waals surface area contributed by atoms with Crippen LogP contribution in [0.4, 0.5) is 14.4 Å². The lowest BCUT2D eigenvalue weighted by atomic mass is 9.95. The van der Waals surface area contributed by atoms with Crippen molar-refractivity contribution >= 4 is 125 Å². The quantitative estimate of drug-likeness (QED) is 0.0328. The Hall–Kier alpha value is -3.77. The summed E-state index contributed by atoms with van der Waals surface area (Å²) in [5.41, 5.74) is 5.12. The van der Waals surface area contributed by atoms with Gasteiger partial charge in [0.05, 0.1) is 56.6 Å². The smallest absolute Gasteiger partial charge is 0.407 e. The van der Waals surface area contributed by atoms with Crippen LogP contribution >= 0.6 is 95.2 Å². The minimum Gasteiger partial charge on any atom is -0.480 e. The minimum absolute atomic E-state index is 0. The number of nitrogens with one attached hydrogen (secondary N) is 4. The van der Waals surface area contributed by atoms with E-state index in [2.05, 4.69) is 96.2 Å². The Kier molecular flexibility index (Phi) is 32.1. The number of nitrogens with zero attached hydrogens (tertiary/aromatic N) is 5. The summed E-state index contributed by atoms with van der Waals surface area (Å²) < 4.78 is 11.2. The highest BCUT2D eigenvalue weighted by atomic mass is 128. The molecule has 2 aliphatic rings. The van der Waals surface area contributed by atoms with Crippen molar-refractivity contribution in [3.8, 4) is 0 Å². The van der Waals surface area contributed by atoms with E-state index >= 15 is 0 Å². The summed E-state index contributed by atoms with van der Waals surface area (Å²) in [4.78, 5) is 83.0. The molecule has 0 radical (unpaired) electrons. The van der Waals surface area contributed by atoms with Gasteiger partial charge >= 0.3 is 24.1 Å². The van der Waals surface area contributed by atoms with Crippen LogP contribution in [0.25, 0.3) is 0 Å². The van der Waals surface area contributed by atoms with Crippen LogP contribution in [-0.4, -0.2) is 108 Å². The maximum Gasteiger partial charge on any atom is 0.407 e. The van der Waals surface area contributed by atoms with Crippen molar-refractivity contribution in [1.82, 2.24) is 46.0 Å². The zero-order valence-corrected chi connectivity index (χ0v) is 57.2. The molecule has 0 saturated heterocycles. The number of halogens is 3. The summed E-state index contributed by atoms with van der Waals surface area (Å²) in [5, 5.41) is 27.7. The number of amides is 6. The van der Waals surface area contributed by atoms with Crippen LogP contribution in [0.2, 0.25) is 0 Å². The highest BCUT2D eigenvalue weighted by molar-refractivity contribution is 15.0. The summed E-state index contributed by atoms with van der Waals surface area (Å²) in [6.07, 6.45) is 6.72. The number of alkyl carbamates (subject to hydrolysis) is 1. The fourth-order valence-electron chi connectivity index (χ4n) is 8.75. The molecule has 3 heterocycles. The lowest BCUT2D eigenvalue weighted by molar-refractivity contribution is -0.147. The first-order valence-electron chi connectivity index (χ1n) is 27.4. The fraction of sp³-hybridized carbons (Fsp3) is 0.559. The Labute approximate surface area is 538 Å². The summed E-state index contributed by atoms with van der Waals surface area (Å²) in [5.74, 6) is -0.787. The van der Waals surface area contributed by atoms with Crippen molar-refractivity contribution in [2.75, 3.05) is 0 Å². The number of rotatable bonds is 26. The second kappa shape index (κ2) is 36.3. The van der Waals surface area contributed by atoms with Gasteiger partial charge in [-0.3, -0.25) is 9.78 Å². The summed E-state index contributed by atoms with van der Waals surface area (Å²) in [7, 11) is 0. The topological polar surface area (TPSA) is 217 Å². The average Bonchev–Trinajstić information content (AvgIpc) is 4.41. The van der Waals surface area contributed by atoms with Gasteiger partial charge in [-0.1, -0.05) is 110 Å². The third-order valence-electron chi connectivity index (χ3n) is 13.1. The second-order valence-corrected chi connectivity index (χ2v) is 25.1. The molecular weight excluding hydrogens is 1440 g/mol. The Morgan fingerprint density at radius 3 is 1.51 bits per heavy atom. The van der Waals surface area contributed by atoms with E-state index in [1.165, 1.54) is 11.3 Å². The molecule has 2 saturated carbocycles. The van der Waals surface area contributed by atoms with Gasteiger partial charge < -0.3 is 45.6 Å². The largest absolute Gasteiger partial charge is 0.480 e. The molecule has 6 amide bonds. The number of carbonyl (C=O) groups excluding carboxylic acids is 4. The van der Waals surface area contributed by atoms with Gasteiger partial charge in [-0.05, 0) is 96.1 Å². The van der Waals surface area contributed by atoms with Gasteiger partial charge in [-0.25, -0.2) is 29.1 Å². The Morgan fingerprint density at radius 2 is 1.13 bits per heavy atom. The Bertz CT molecular complexity index is 2670. The lowest BCUT2D eigenvalue weighted by Crippen LogP contribution is -2.55. The van der Waals surface area contributed by atoms with Crippen molar-refractivity contribution in [1.29, 1.82) is 0 Å². The monoisotopic (exact) mass is 1530 g/mol. The Morgan fingerprint density at radius 1 is 0.683 bits per heavy atom. The van der Waals surface area contributed by atoms with Crippen LogP contribution in [0.5, 0.6) is 0 Å². The van der Waals surface area contributed by atoms with Crippen LogP contribution in [0.15, 0.2) is 83.1 Å². The van der Waals surface area contributed by atoms with Crippen LogP contribution in [0.3, 0.4) is 0 Å². The number of carbonyl (C=O) groups is 5. The molecular formula is C59H86I3N9O8S3. The van der Waals surface area contributed by atoms with E-state index < -0.39 is 35.9 Å². The number of carboxylic acid groups (broad SMARTS) is 1. The zero-order valence-electron chi connectivity index (χ0n) is 48.1. The third kappa shape index (κ3) is 25.4. The maximum atomic E-state index is 14.0. The summed E-state index contributed by atoms with van der Waals surface area (Å²) in [6.45, 7) is 20.5. The molecule has 5 atom stereocenters. The van der Waals surface area contributed by atoms with Gasteiger partial charge in [0.1, 0.15) is 12.6 Å². The van der Waals surface area contributed by atoms with Crippen LogP contribution in [0.1, 0.15) is 164 Å². The summed E-state index contributed by atoms with van der Waals surface area (Å²) >= 11 is 8.89. The SMILES string of the molecule is C.CC(C)c1nc(CN(C(=O)N[C@H](C(=O)N[C@H](CC[C@H](Cc2ccccc2)NC(=O)OCc2cncs2)Cc2ccccc2)C(C)C)C2CC2)cs1.CC(C)c1nc(CN(C(=O)N[C@H](C(=O)O)C(C)OC(C)(C)C)C2CC2)cs1.I.II. The van der Waals surface area contributed by atoms with Crippen LogP contribution in [0, 0.1) is 5.92 Å². The highest BCUT2D eigenvalue weighted by Crippen LogP contribution is 2.31. The van der Waals surface area contributed by atoms with Gasteiger partial charge in [0.2, 0.25) is 5.91 Å². The van der Waals surface area contributed by atoms with Crippen LogP contribution < -0.4 is 21.3 Å². The van der Waals surface area contributed by atoms with Crippen molar-refractivity contribution in [2.24, 2.45) is 5.92 Å². The molecule has 454 valence electrons. The molecule has 2 aromatic carbocycles. The maximum absolute atomic E-state index is 14.0. The van der Waals surface area contributed by atoms with E-state index in [-0.39, 0.29) is 86.1 Å². The molecule has 2 aliphatic carbocycles. The highest BCUT2D eigenvalue weighted by Gasteiger charge is 2.38. The normalized spacial score (nSPS) is 14.6. The van der Waals surface area contributed by atoms with E-state index in [4.69, 9.17) is 14.5 Å². The van der Waals surface area contributed by atoms with E-state index in [1.807, 2.05) is 111 Å². The van der Waals surface area contributed by atoms with E-state index in [0.29, 0.717) is 50.6 Å². The number of benzene rings is 2. The minimum atomic E-state index is -1.11. The molecule has 3 aromatic heterocycles. The second-order valence-electron chi connectivity index (χ2n) is 22.3. The molecule has 1 unspecified atom stereocenters. The van der Waals surface area contributed by atoms with Gasteiger partial charge in [-0.15, -0.1) is 58.0 Å². The number of aromatic nitrogens is 3. The molecule has 0 aliphatic heterocycles. The van der Waals surface area contributed by atoms with E-state index in [0.717, 1.165) is 63.1 Å². The number of ether oxygens (including phenoxy) is 2. The fourth-order valence-corrected chi connectivity index (χ4v) is 10.9. The van der Waals surface area contributed by atoms with Gasteiger partial charge in [-0.2, -0.15) is 0 Å². The van der Waals surface area contributed by atoms with Crippen molar-refractivity contribution < 1.29 is 38.6 Å². The number of carboxylic acids is 1. The van der Waals surface area contributed by atoms with Crippen LogP contribution in [-0.2, 0) is 51.6 Å². The molecule has 82 heavy (non-hydrogen) atoms. The molecule has 5 N–H and O–H groups in total. The van der Waals surface area contributed by atoms with Crippen molar-refractivity contribution in [2.45, 2.75) is 208 Å². The molecule has 23 heteroatoms. The summed E-state index contributed by atoms with van der Waals surface area (Å²) in [6, 6.07) is 17.4. The number of hydrogen-bond donors (Lipinski definition) is 5. The van der Waals surface area contributed by atoms with E-state index in [9.17, 15) is 29.1 Å². The molecule has 0 spiro atoms. The van der Waals surface area contributed by atoms with Crippen molar-refractivity contribution in [3.05, 3.63) is 121 Å².